The SMILES string of the molecule is Cc1ccc(NC(=O)c2ccc(OC(=O)c3ccc([N+](=O)[O-])cc3)cc2)cc1. The highest BCUT2D eigenvalue weighted by molar-refractivity contribution is 6.04. The van der Waals surface area contributed by atoms with Crippen LogP contribution in [0.3, 0.4) is 0 Å². The Bertz CT molecular complexity index is 1010. The van der Waals surface area contributed by atoms with Crippen molar-refractivity contribution in [3.05, 3.63) is 99.6 Å². The smallest absolute Gasteiger partial charge is 0.343 e. The number of amides is 1. The van der Waals surface area contributed by atoms with Crippen molar-refractivity contribution >= 4 is 23.3 Å². The van der Waals surface area contributed by atoms with Crippen molar-refractivity contribution in [1.82, 2.24) is 0 Å². The molecule has 0 unspecified atom stereocenters. The summed E-state index contributed by atoms with van der Waals surface area (Å²) in [5.74, 6) is -0.668. The molecule has 0 aliphatic rings. The quantitative estimate of drug-likeness (QED) is 0.308. The third-order valence-electron chi connectivity index (χ3n) is 3.95. The van der Waals surface area contributed by atoms with Gasteiger partial charge in [0.2, 0.25) is 0 Å². The molecular weight excluding hydrogens is 360 g/mol. The van der Waals surface area contributed by atoms with Crippen molar-refractivity contribution in [2.45, 2.75) is 6.92 Å². The van der Waals surface area contributed by atoms with Crippen LogP contribution in [0, 0.1) is 17.0 Å². The van der Waals surface area contributed by atoms with Gasteiger partial charge in [0.25, 0.3) is 11.6 Å². The van der Waals surface area contributed by atoms with E-state index in [0.717, 1.165) is 5.56 Å². The topological polar surface area (TPSA) is 98.5 Å². The van der Waals surface area contributed by atoms with Gasteiger partial charge in [0.05, 0.1) is 10.5 Å². The van der Waals surface area contributed by atoms with Crippen molar-refractivity contribution in [3.63, 3.8) is 0 Å². The molecule has 0 saturated carbocycles. The Balaban J connectivity index is 1.63. The van der Waals surface area contributed by atoms with E-state index in [2.05, 4.69) is 5.32 Å². The predicted octanol–water partition coefficient (Wildman–Crippen LogP) is 4.37. The number of aryl methyl sites for hydroxylation is 1. The van der Waals surface area contributed by atoms with E-state index >= 15 is 0 Å². The normalized spacial score (nSPS) is 10.2. The van der Waals surface area contributed by atoms with E-state index in [1.54, 1.807) is 12.1 Å². The average molecular weight is 376 g/mol. The highest BCUT2D eigenvalue weighted by atomic mass is 16.6. The van der Waals surface area contributed by atoms with Crippen molar-refractivity contribution in [1.29, 1.82) is 0 Å². The van der Waals surface area contributed by atoms with E-state index in [9.17, 15) is 19.7 Å². The number of hydrogen-bond donors (Lipinski definition) is 1. The van der Waals surface area contributed by atoms with Gasteiger partial charge >= 0.3 is 5.97 Å². The van der Waals surface area contributed by atoms with Crippen molar-refractivity contribution < 1.29 is 19.2 Å². The second kappa shape index (κ2) is 8.13. The highest BCUT2D eigenvalue weighted by Gasteiger charge is 2.12. The summed E-state index contributed by atoms with van der Waals surface area (Å²) >= 11 is 0. The molecular formula is C21H16N2O5. The van der Waals surface area contributed by atoms with Gasteiger partial charge in [0.1, 0.15) is 5.75 Å². The van der Waals surface area contributed by atoms with Gasteiger partial charge in [0.15, 0.2) is 0 Å². The summed E-state index contributed by atoms with van der Waals surface area (Å²) in [7, 11) is 0. The summed E-state index contributed by atoms with van der Waals surface area (Å²) in [6.07, 6.45) is 0. The molecule has 3 aromatic carbocycles. The number of ether oxygens (including phenoxy) is 1. The van der Waals surface area contributed by atoms with Crippen LogP contribution in [0.1, 0.15) is 26.3 Å². The first-order valence-electron chi connectivity index (χ1n) is 8.37. The second-order valence-corrected chi connectivity index (χ2v) is 6.04. The standard InChI is InChI=1S/C21H16N2O5/c1-14-2-8-17(9-3-14)22-20(24)15-6-12-19(13-7-15)28-21(25)16-4-10-18(11-5-16)23(26)27/h2-13H,1H3,(H,22,24). The number of nitrogens with one attached hydrogen (secondary N) is 1. The molecule has 3 aromatic rings. The number of carbonyl (C=O) groups excluding carboxylic acids is 2. The van der Waals surface area contributed by atoms with Crippen LogP contribution < -0.4 is 10.1 Å². The first-order valence-corrected chi connectivity index (χ1v) is 8.37. The van der Waals surface area contributed by atoms with Gasteiger partial charge in [-0.1, -0.05) is 17.7 Å². The molecule has 0 saturated heterocycles. The molecule has 140 valence electrons. The van der Waals surface area contributed by atoms with E-state index in [1.807, 2.05) is 31.2 Å². The number of rotatable bonds is 5. The lowest BCUT2D eigenvalue weighted by atomic mass is 10.2. The molecule has 1 N–H and O–H groups in total. The largest absolute Gasteiger partial charge is 0.423 e. The monoisotopic (exact) mass is 376 g/mol. The number of non-ortho nitro benzene ring substituents is 1. The van der Waals surface area contributed by atoms with E-state index in [-0.39, 0.29) is 22.9 Å². The molecule has 0 fully saturated rings. The lowest BCUT2D eigenvalue weighted by Gasteiger charge is -2.07. The Hall–Kier alpha value is -4.00. The third kappa shape index (κ3) is 4.59. The molecule has 1 amide bonds. The second-order valence-electron chi connectivity index (χ2n) is 6.04. The Labute approximate surface area is 160 Å². The van der Waals surface area contributed by atoms with Gasteiger partial charge in [0, 0.05) is 23.4 Å². The maximum absolute atomic E-state index is 12.3. The molecule has 0 radical (unpaired) electrons. The maximum atomic E-state index is 12.3. The molecule has 7 heteroatoms. The van der Waals surface area contributed by atoms with E-state index < -0.39 is 10.9 Å². The molecule has 0 bridgehead atoms. The summed E-state index contributed by atoms with van der Waals surface area (Å²) in [5.41, 5.74) is 2.27. The zero-order valence-corrected chi connectivity index (χ0v) is 14.9. The van der Waals surface area contributed by atoms with Gasteiger partial charge in [-0.3, -0.25) is 14.9 Å². The van der Waals surface area contributed by atoms with Gasteiger partial charge in [-0.05, 0) is 55.5 Å². The lowest BCUT2D eigenvalue weighted by molar-refractivity contribution is -0.384. The zero-order chi connectivity index (χ0) is 20.1. The highest BCUT2D eigenvalue weighted by Crippen LogP contribution is 2.18. The summed E-state index contributed by atoms with van der Waals surface area (Å²) in [6.45, 7) is 1.96. The number of benzene rings is 3. The molecule has 0 atom stereocenters. The first kappa shape index (κ1) is 18.8. The summed E-state index contributed by atoms with van der Waals surface area (Å²) < 4.78 is 5.23. The van der Waals surface area contributed by atoms with Crippen molar-refractivity contribution in [2.24, 2.45) is 0 Å². The molecule has 28 heavy (non-hydrogen) atoms. The van der Waals surface area contributed by atoms with Gasteiger partial charge < -0.3 is 10.1 Å². The van der Waals surface area contributed by atoms with Crippen LogP contribution in [0.5, 0.6) is 5.75 Å². The Morgan fingerprint density at radius 1 is 0.857 bits per heavy atom. The maximum Gasteiger partial charge on any atom is 0.343 e. The van der Waals surface area contributed by atoms with Crippen LogP contribution in [-0.2, 0) is 0 Å². The predicted molar refractivity (Wildman–Crippen MR) is 104 cm³/mol. The first-order chi connectivity index (χ1) is 13.4. The summed E-state index contributed by atoms with van der Waals surface area (Å²) in [6, 6.07) is 18.6. The Kier molecular flexibility index (Phi) is 5.45. The summed E-state index contributed by atoms with van der Waals surface area (Å²) in [4.78, 5) is 34.5. The number of nitro benzene ring substituents is 1. The zero-order valence-electron chi connectivity index (χ0n) is 14.9. The molecule has 0 aromatic heterocycles. The number of nitrogens with zero attached hydrogens (tertiary/aromatic N) is 1. The fraction of sp³-hybridized carbons (Fsp3) is 0.0476. The van der Waals surface area contributed by atoms with Gasteiger partial charge in [-0.2, -0.15) is 0 Å². The number of anilines is 1. The number of nitro groups is 1. The molecule has 0 spiro atoms. The van der Waals surface area contributed by atoms with Crippen LogP contribution in [0.2, 0.25) is 0 Å². The minimum atomic E-state index is -0.647. The minimum Gasteiger partial charge on any atom is -0.423 e. The molecule has 0 aliphatic heterocycles. The fourth-order valence-electron chi connectivity index (χ4n) is 2.40. The van der Waals surface area contributed by atoms with Crippen LogP contribution >= 0.6 is 0 Å². The Morgan fingerprint density at radius 2 is 1.43 bits per heavy atom. The van der Waals surface area contributed by atoms with Crippen molar-refractivity contribution in [2.75, 3.05) is 5.32 Å². The molecule has 3 rings (SSSR count). The number of hydrogen-bond acceptors (Lipinski definition) is 5. The van der Waals surface area contributed by atoms with Crippen LogP contribution in [0.4, 0.5) is 11.4 Å². The fourth-order valence-corrected chi connectivity index (χ4v) is 2.40. The molecule has 0 aliphatic carbocycles. The van der Waals surface area contributed by atoms with Gasteiger partial charge in [-0.25, -0.2) is 4.79 Å². The third-order valence-corrected chi connectivity index (χ3v) is 3.95. The average Bonchev–Trinajstić information content (AvgIpc) is 2.70. The molecule has 0 heterocycles. The minimum absolute atomic E-state index is 0.111. The van der Waals surface area contributed by atoms with Crippen LogP contribution in [-0.4, -0.2) is 16.8 Å². The number of esters is 1. The number of carbonyl (C=O) groups is 2. The summed E-state index contributed by atoms with van der Waals surface area (Å²) in [5, 5.41) is 13.4. The van der Waals surface area contributed by atoms with Crippen LogP contribution in [0.25, 0.3) is 0 Å². The van der Waals surface area contributed by atoms with E-state index in [1.165, 1.54) is 36.4 Å². The van der Waals surface area contributed by atoms with Gasteiger partial charge in [-0.15, -0.1) is 0 Å². The van der Waals surface area contributed by atoms with Crippen molar-refractivity contribution in [3.8, 4) is 5.75 Å². The van der Waals surface area contributed by atoms with Crippen LogP contribution in [0.15, 0.2) is 72.8 Å². The molecule has 7 nitrogen and oxygen atoms in total. The Morgan fingerprint density at radius 3 is 2.00 bits per heavy atom. The lowest BCUT2D eigenvalue weighted by Crippen LogP contribution is -2.12. The van der Waals surface area contributed by atoms with E-state index in [0.29, 0.717) is 11.3 Å². The van der Waals surface area contributed by atoms with E-state index in [4.69, 9.17) is 4.74 Å².